The van der Waals surface area contributed by atoms with Gasteiger partial charge in [0.25, 0.3) is 0 Å². The molecule has 2 aromatic heterocycles. The van der Waals surface area contributed by atoms with E-state index in [1.54, 1.807) is 17.8 Å². The zero-order valence-corrected chi connectivity index (χ0v) is 20.5. The van der Waals surface area contributed by atoms with Gasteiger partial charge < -0.3 is 8.98 Å². The van der Waals surface area contributed by atoms with Crippen LogP contribution in [0.3, 0.4) is 0 Å². The Balaban J connectivity index is 1.95. The van der Waals surface area contributed by atoms with Gasteiger partial charge in [-0.2, -0.15) is 0 Å². The van der Waals surface area contributed by atoms with Crippen LogP contribution in [-0.4, -0.2) is 33.8 Å². The lowest BCUT2D eigenvalue weighted by atomic mass is 10.1. The SMILES string of the molecule is CCCCn1c(SCc2cc(=O)oc3cc(CC)c(Cl)cc23)nnc1C(CC)N(C)C. The van der Waals surface area contributed by atoms with Crippen LogP contribution in [0, 0.1) is 0 Å². The maximum Gasteiger partial charge on any atom is 0.336 e. The van der Waals surface area contributed by atoms with Crippen molar-refractivity contribution in [2.75, 3.05) is 14.1 Å². The fourth-order valence-electron chi connectivity index (χ4n) is 3.78. The predicted molar refractivity (Wildman–Crippen MR) is 128 cm³/mol. The molecule has 2 heterocycles. The molecule has 3 rings (SSSR count). The molecular formula is C23H31ClN4O2S. The van der Waals surface area contributed by atoms with Crippen LogP contribution in [0.15, 0.2) is 32.6 Å². The number of fused-ring (bicyclic) bond motifs is 1. The molecule has 0 N–H and O–H groups in total. The van der Waals surface area contributed by atoms with E-state index >= 15 is 0 Å². The molecule has 0 fully saturated rings. The molecule has 1 unspecified atom stereocenters. The van der Waals surface area contributed by atoms with E-state index < -0.39 is 0 Å². The van der Waals surface area contributed by atoms with Gasteiger partial charge in [-0.3, -0.25) is 4.90 Å². The Morgan fingerprint density at radius 2 is 1.94 bits per heavy atom. The highest BCUT2D eigenvalue weighted by Crippen LogP contribution is 2.31. The van der Waals surface area contributed by atoms with Gasteiger partial charge in [0.05, 0.1) is 6.04 Å². The minimum absolute atomic E-state index is 0.217. The lowest BCUT2D eigenvalue weighted by Gasteiger charge is -2.23. The van der Waals surface area contributed by atoms with E-state index in [2.05, 4.69) is 47.6 Å². The monoisotopic (exact) mass is 462 g/mol. The maximum absolute atomic E-state index is 12.2. The van der Waals surface area contributed by atoms with Crippen molar-refractivity contribution in [3.63, 3.8) is 0 Å². The highest BCUT2D eigenvalue weighted by atomic mass is 35.5. The van der Waals surface area contributed by atoms with Crippen molar-refractivity contribution >= 4 is 34.3 Å². The largest absolute Gasteiger partial charge is 0.423 e. The Morgan fingerprint density at radius 3 is 2.58 bits per heavy atom. The summed E-state index contributed by atoms with van der Waals surface area (Å²) in [5.41, 5.74) is 2.10. The lowest BCUT2D eigenvalue weighted by Crippen LogP contribution is -2.23. The molecule has 0 aliphatic heterocycles. The quantitative estimate of drug-likeness (QED) is 0.284. The van der Waals surface area contributed by atoms with Crippen molar-refractivity contribution in [3.05, 3.63) is 50.6 Å². The van der Waals surface area contributed by atoms with Gasteiger partial charge in [-0.1, -0.05) is 50.6 Å². The Bertz CT molecular complexity index is 1090. The average molecular weight is 463 g/mol. The van der Waals surface area contributed by atoms with Gasteiger partial charge in [0.15, 0.2) is 11.0 Å². The third kappa shape index (κ3) is 5.33. The van der Waals surface area contributed by atoms with E-state index in [-0.39, 0.29) is 11.7 Å². The number of hydrogen-bond acceptors (Lipinski definition) is 6. The van der Waals surface area contributed by atoms with Crippen molar-refractivity contribution in [1.29, 1.82) is 0 Å². The average Bonchev–Trinajstić information content (AvgIpc) is 3.12. The van der Waals surface area contributed by atoms with E-state index in [0.717, 1.165) is 59.7 Å². The predicted octanol–water partition coefficient (Wildman–Crippen LogP) is 5.71. The standard InChI is InChI=1S/C23H31ClN4O2S/c1-6-9-10-28-22(19(8-3)27(4)5)25-26-23(28)31-14-16-12-21(29)30-20-11-15(7-2)18(24)13-17(16)20/h11-13,19H,6-10,14H2,1-5H3. The summed E-state index contributed by atoms with van der Waals surface area (Å²) in [4.78, 5) is 14.4. The Hall–Kier alpha value is -1.83. The van der Waals surface area contributed by atoms with E-state index in [1.165, 1.54) is 0 Å². The van der Waals surface area contributed by atoms with Crippen molar-refractivity contribution in [3.8, 4) is 0 Å². The zero-order chi connectivity index (χ0) is 22.5. The summed E-state index contributed by atoms with van der Waals surface area (Å²) >= 11 is 8.04. The number of aromatic nitrogens is 3. The van der Waals surface area contributed by atoms with Gasteiger partial charge >= 0.3 is 5.63 Å². The second-order valence-electron chi connectivity index (χ2n) is 7.91. The maximum atomic E-state index is 12.2. The highest BCUT2D eigenvalue weighted by Gasteiger charge is 2.22. The number of aryl methyl sites for hydroxylation is 1. The normalized spacial score (nSPS) is 12.7. The Labute approximate surface area is 193 Å². The summed E-state index contributed by atoms with van der Waals surface area (Å²) in [5, 5.41) is 11.5. The molecule has 0 spiro atoms. The number of rotatable bonds is 10. The summed E-state index contributed by atoms with van der Waals surface area (Å²) in [6.07, 6.45) is 3.91. The van der Waals surface area contributed by atoms with Gasteiger partial charge in [0.2, 0.25) is 0 Å². The molecule has 3 aromatic rings. The van der Waals surface area contributed by atoms with E-state index in [4.69, 9.17) is 16.0 Å². The third-order valence-corrected chi connectivity index (χ3v) is 6.89. The first-order chi connectivity index (χ1) is 14.9. The zero-order valence-electron chi connectivity index (χ0n) is 18.9. The third-order valence-electron chi connectivity index (χ3n) is 5.52. The fraction of sp³-hybridized carbons (Fsp3) is 0.522. The van der Waals surface area contributed by atoms with Crippen LogP contribution in [0.2, 0.25) is 5.02 Å². The number of nitrogens with zero attached hydrogens (tertiary/aromatic N) is 4. The smallest absolute Gasteiger partial charge is 0.336 e. The Kier molecular flexibility index (Phi) is 8.19. The summed E-state index contributed by atoms with van der Waals surface area (Å²) < 4.78 is 7.68. The number of thioether (sulfide) groups is 1. The molecule has 6 nitrogen and oxygen atoms in total. The number of halogens is 1. The molecule has 0 saturated carbocycles. The van der Waals surface area contributed by atoms with Crippen LogP contribution < -0.4 is 5.63 Å². The topological polar surface area (TPSA) is 64.2 Å². The molecule has 168 valence electrons. The number of unbranched alkanes of at least 4 members (excludes halogenated alkanes) is 1. The van der Waals surface area contributed by atoms with Crippen molar-refractivity contribution in [2.45, 2.75) is 70.0 Å². The summed E-state index contributed by atoms with van der Waals surface area (Å²) in [6, 6.07) is 5.55. The fourth-order valence-corrected chi connectivity index (χ4v) is 5.04. The van der Waals surface area contributed by atoms with Crippen LogP contribution in [0.25, 0.3) is 11.0 Å². The van der Waals surface area contributed by atoms with Crippen LogP contribution in [0.4, 0.5) is 0 Å². The Morgan fingerprint density at radius 1 is 1.16 bits per heavy atom. The number of hydrogen-bond donors (Lipinski definition) is 0. The van der Waals surface area contributed by atoms with E-state index in [9.17, 15) is 4.79 Å². The molecule has 8 heteroatoms. The van der Waals surface area contributed by atoms with Crippen LogP contribution >= 0.6 is 23.4 Å². The van der Waals surface area contributed by atoms with Crippen molar-refractivity contribution in [1.82, 2.24) is 19.7 Å². The first-order valence-corrected chi connectivity index (χ1v) is 12.2. The molecule has 0 bridgehead atoms. The van der Waals surface area contributed by atoms with Gasteiger partial charge in [0.1, 0.15) is 5.58 Å². The molecule has 0 saturated heterocycles. The highest BCUT2D eigenvalue weighted by molar-refractivity contribution is 7.98. The van der Waals surface area contributed by atoms with Crippen molar-refractivity contribution in [2.24, 2.45) is 0 Å². The van der Waals surface area contributed by atoms with Crippen LogP contribution in [0.1, 0.15) is 63.0 Å². The van der Waals surface area contributed by atoms with Gasteiger partial charge in [0, 0.05) is 28.8 Å². The molecule has 0 amide bonds. The molecule has 0 aliphatic carbocycles. The number of benzene rings is 1. The summed E-state index contributed by atoms with van der Waals surface area (Å²) in [6.45, 7) is 7.27. The molecular weight excluding hydrogens is 432 g/mol. The molecule has 0 aliphatic rings. The minimum Gasteiger partial charge on any atom is -0.423 e. The molecule has 1 atom stereocenters. The minimum atomic E-state index is -0.348. The second-order valence-corrected chi connectivity index (χ2v) is 9.26. The summed E-state index contributed by atoms with van der Waals surface area (Å²) in [5.74, 6) is 1.59. The first kappa shape index (κ1) is 23.8. The van der Waals surface area contributed by atoms with Crippen LogP contribution in [0.5, 0.6) is 0 Å². The van der Waals surface area contributed by atoms with Crippen LogP contribution in [-0.2, 0) is 18.7 Å². The molecule has 31 heavy (non-hydrogen) atoms. The van der Waals surface area contributed by atoms with E-state index in [1.807, 2.05) is 19.1 Å². The van der Waals surface area contributed by atoms with Gasteiger partial charge in [-0.05, 0) is 56.6 Å². The summed E-state index contributed by atoms with van der Waals surface area (Å²) in [7, 11) is 4.15. The van der Waals surface area contributed by atoms with Gasteiger partial charge in [-0.15, -0.1) is 10.2 Å². The van der Waals surface area contributed by atoms with Gasteiger partial charge in [-0.25, -0.2) is 4.79 Å². The molecule has 0 radical (unpaired) electrons. The molecule has 1 aromatic carbocycles. The second kappa shape index (κ2) is 10.7. The van der Waals surface area contributed by atoms with E-state index in [0.29, 0.717) is 16.4 Å². The van der Waals surface area contributed by atoms with Crippen molar-refractivity contribution < 1.29 is 4.42 Å². The lowest BCUT2D eigenvalue weighted by molar-refractivity contribution is 0.270. The first-order valence-electron chi connectivity index (χ1n) is 10.9.